The van der Waals surface area contributed by atoms with Gasteiger partial charge in [0.1, 0.15) is 0 Å². The number of hydrogen-bond donors (Lipinski definition) is 2. The Balaban J connectivity index is 1.59. The molecule has 4 heteroatoms. The molecule has 104 valence electrons. The van der Waals surface area contributed by atoms with Crippen LogP contribution >= 0.6 is 11.3 Å². The predicted molar refractivity (Wildman–Crippen MR) is 82.2 cm³/mol. The SMILES string of the molecule is O=C(NCCc1ccsc1)c1ccc2c(c1)CNCC2. The van der Waals surface area contributed by atoms with Gasteiger partial charge in [0, 0.05) is 18.7 Å². The second-order valence-electron chi connectivity index (χ2n) is 5.05. The molecule has 2 heterocycles. The fourth-order valence-corrected chi connectivity index (χ4v) is 3.18. The first-order valence-electron chi connectivity index (χ1n) is 6.95. The monoisotopic (exact) mass is 286 g/mol. The van der Waals surface area contributed by atoms with E-state index < -0.39 is 0 Å². The van der Waals surface area contributed by atoms with E-state index in [0.717, 1.165) is 31.5 Å². The fourth-order valence-electron chi connectivity index (χ4n) is 2.48. The molecule has 1 aromatic carbocycles. The summed E-state index contributed by atoms with van der Waals surface area (Å²) < 4.78 is 0. The Labute approximate surface area is 123 Å². The largest absolute Gasteiger partial charge is 0.352 e. The number of carbonyl (C=O) groups excluding carboxylic acids is 1. The number of benzene rings is 1. The van der Waals surface area contributed by atoms with Crippen molar-refractivity contribution in [1.29, 1.82) is 0 Å². The summed E-state index contributed by atoms with van der Waals surface area (Å²) in [6.07, 6.45) is 1.94. The van der Waals surface area contributed by atoms with Crippen LogP contribution in [0.25, 0.3) is 0 Å². The first-order valence-corrected chi connectivity index (χ1v) is 7.89. The summed E-state index contributed by atoms with van der Waals surface area (Å²) in [7, 11) is 0. The van der Waals surface area contributed by atoms with E-state index >= 15 is 0 Å². The van der Waals surface area contributed by atoms with E-state index in [2.05, 4.69) is 33.5 Å². The maximum absolute atomic E-state index is 12.1. The zero-order valence-corrected chi connectivity index (χ0v) is 12.1. The highest BCUT2D eigenvalue weighted by atomic mass is 32.1. The van der Waals surface area contributed by atoms with Gasteiger partial charge in [-0.1, -0.05) is 6.07 Å². The summed E-state index contributed by atoms with van der Waals surface area (Å²) in [6, 6.07) is 8.14. The Bertz CT molecular complexity index is 593. The minimum atomic E-state index is 0.0219. The lowest BCUT2D eigenvalue weighted by Gasteiger charge is -2.17. The molecule has 0 saturated carbocycles. The number of thiophene rings is 1. The Kier molecular flexibility index (Phi) is 4.14. The molecule has 2 N–H and O–H groups in total. The number of nitrogens with one attached hydrogen (secondary N) is 2. The number of rotatable bonds is 4. The minimum Gasteiger partial charge on any atom is -0.352 e. The molecule has 1 aromatic heterocycles. The molecule has 0 radical (unpaired) electrons. The molecule has 0 aliphatic carbocycles. The van der Waals surface area contributed by atoms with Crippen LogP contribution in [0, 0.1) is 0 Å². The van der Waals surface area contributed by atoms with Crippen molar-refractivity contribution in [1.82, 2.24) is 10.6 Å². The van der Waals surface area contributed by atoms with E-state index in [0.29, 0.717) is 6.54 Å². The molecule has 1 aliphatic heterocycles. The highest BCUT2D eigenvalue weighted by molar-refractivity contribution is 7.07. The van der Waals surface area contributed by atoms with Gasteiger partial charge in [-0.05, 0) is 65.0 Å². The van der Waals surface area contributed by atoms with Crippen molar-refractivity contribution in [2.75, 3.05) is 13.1 Å². The van der Waals surface area contributed by atoms with Crippen LogP contribution < -0.4 is 10.6 Å². The lowest BCUT2D eigenvalue weighted by atomic mass is 9.98. The van der Waals surface area contributed by atoms with Gasteiger partial charge < -0.3 is 10.6 Å². The van der Waals surface area contributed by atoms with Gasteiger partial charge in [0.15, 0.2) is 0 Å². The van der Waals surface area contributed by atoms with E-state index in [1.807, 2.05) is 12.1 Å². The molecule has 20 heavy (non-hydrogen) atoms. The number of carbonyl (C=O) groups is 1. The molecule has 3 nitrogen and oxygen atoms in total. The maximum atomic E-state index is 12.1. The predicted octanol–water partition coefficient (Wildman–Crippen LogP) is 2.37. The Hall–Kier alpha value is -1.65. The van der Waals surface area contributed by atoms with Crippen LogP contribution in [0.4, 0.5) is 0 Å². The normalized spacial score (nSPS) is 13.8. The Morgan fingerprint density at radius 2 is 2.25 bits per heavy atom. The third-order valence-electron chi connectivity index (χ3n) is 3.63. The van der Waals surface area contributed by atoms with Crippen molar-refractivity contribution in [3.05, 3.63) is 57.3 Å². The summed E-state index contributed by atoms with van der Waals surface area (Å²) in [5.74, 6) is 0.0219. The average molecular weight is 286 g/mol. The van der Waals surface area contributed by atoms with E-state index in [1.165, 1.54) is 16.7 Å². The van der Waals surface area contributed by atoms with Crippen LogP contribution in [-0.2, 0) is 19.4 Å². The molecule has 0 fully saturated rings. The van der Waals surface area contributed by atoms with Crippen LogP contribution in [0.5, 0.6) is 0 Å². The first kappa shape index (κ1) is 13.3. The molecule has 0 bridgehead atoms. The van der Waals surface area contributed by atoms with Crippen molar-refractivity contribution >= 4 is 17.2 Å². The van der Waals surface area contributed by atoms with Gasteiger partial charge in [-0.15, -0.1) is 0 Å². The van der Waals surface area contributed by atoms with Gasteiger partial charge in [-0.25, -0.2) is 0 Å². The van der Waals surface area contributed by atoms with Gasteiger partial charge in [0.25, 0.3) is 5.91 Å². The quantitative estimate of drug-likeness (QED) is 0.906. The fraction of sp³-hybridized carbons (Fsp3) is 0.312. The summed E-state index contributed by atoms with van der Waals surface area (Å²) in [5.41, 5.74) is 4.66. The third-order valence-corrected chi connectivity index (χ3v) is 4.37. The van der Waals surface area contributed by atoms with E-state index in [9.17, 15) is 4.79 Å². The molecule has 0 atom stereocenters. The number of hydrogen-bond acceptors (Lipinski definition) is 3. The Morgan fingerprint density at radius 3 is 3.10 bits per heavy atom. The van der Waals surface area contributed by atoms with Crippen molar-refractivity contribution in [3.63, 3.8) is 0 Å². The summed E-state index contributed by atoms with van der Waals surface area (Å²) in [5, 5.41) is 10.5. The van der Waals surface area contributed by atoms with Crippen LogP contribution in [0.3, 0.4) is 0 Å². The molecule has 1 aliphatic rings. The molecule has 3 rings (SSSR count). The van der Waals surface area contributed by atoms with Gasteiger partial charge in [0.2, 0.25) is 0 Å². The van der Waals surface area contributed by atoms with Crippen LogP contribution in [0.1, 0.15) is 27.0 Å². The molecule has 1 amide bonds. The zero-order chi connectivity index (χ0) is 13.8. The van der Waals surface area contributed by atoms with Crippen molar-refractivity contribution in [2.24, 2.45) is 0 Å². The van der Waals surface area contributed by atoms with E-state index in [-0.39, 0.29) is 5.91 Å². The standard InChI is InChI=1S/C16H18N2OS/c19-16(18-7-3-12-5-8-20-11-12)14-2-1-13-4-6-17-10-15(13)9-14/h1-2,5,8-9,11,17H,3-4,6-7,10H2,(H,18,19). The number of fused-ring (bicyclic) bond motifs is 1. The van der Waals surface area contributed by atoms with Crippen LogP contribution in [0.2, 0.25) is 0 Å². The second-order valence-corrected chi connectivity index (χ2v) is 5.83. The molecule has 0 saturated heterocycles. The summed E-state index contributed by atoms with van der Waals surface area (Å²) >= 11 is 1.69. The van der Waals surface area contributed by atoms with Crippen molar-refractivity contribution in [2.45, 2.75) is 19.4 Å². The van der Waals surface area contributed by atoms with Gasteiger partial charge >= 0.3 is 0 Å². The molecule has 0 unspecified atom stereocenters. The Morgan fingerprint density at radius 1 is 1.30 bits per heavy atom. The van der Waals surface area contributed by atoms with Gasteiger partial charge in [-0.3, -0.25) is 4.79 Å². The van der Waals surface area contributed by atoms with Crippen LogP contribution in [0.15, 0.2) is 35.0 Å². The lowest BCUT2D eigenvalue weighted by molar-refractivity contribution is 0.0954. The smallest absolute Gasteiger partial charge is 0.251 e. The summed E-state index contributed by atoms with van der Waals surface area (Å²) in [6.45, 7) is 2.58. The molecule has 0 spiro atoms. The zero-order valence-electron chi connectivity index (χ0n) is 11.3. The number of amides is 1. The minimum absolute atomic E-state index is 0.0219. The molecule has 2 aromatic rings. The first-order chi connectivity index (χ1) is 9.83. The molecular weight excluding hydrogens is 268 g/mol. The second kappa shape index (κ2) is 6.20. The van der Waals surface area contributed by atoms with E-state index in [4.69, 9.17) is 0 Å². The summed E-state index contributed by atoms with van der Waals surface area (Å²) in [4.78, 5) is 12.1. The van der Waals surface area contributed by atoms with Crippen molar-refractivity contribution < 1.29 is 4.79 Å². The topological polar surface area (TPSA) is 41.1 Å². The average Bonchev–Trinajstić information content (AvgIpc) is 3.00. The van der Waals surface area contributed by atoms with Crippen molar-refractivity contribution in [3.8, 4) is 0 Å². The maximum Gasteiger partial charge on any atom is 0.251 e. The van der Waals surface area contributed by atoms with Crippen LogP contribution in [-0.4, -0.2) is 19.0 Å². The van der Waals surface area contributed by atoms with Gasteiger partial charge in [-0.2, -0.15) is 11.3 Å². The molecular formula is C16H18N2OS. The highest BCUT2D eigenvalue weighted by Gasteiger charge is 2.12. The third kappa shape index (κ3) is 3.08. The lowest BCUT2D eigenvalue weighted by Crippen LogP contribution is -2.27. The van der Waals surface area contributed by atoms with E-state index in [1.54, 1.807) is 11.3 Å². The highest BCUT2D eigenvalue weighted by Crippen LogP contribution is 2.15. The van der Waals surface area contributed by atoms with Gasteiger partial charge in [0.05, 0.1) is 0 Å².